The third-order valence-corrected chi connectivity index (χ3v) is 16.6. The van der Waals surface area contributed by atoms with Crippen molar-refractivity contribution in [1.82, 2.24) is 4.57 Å². The van der Waals surface area contributed by atoms with Gasteiger partial charge < -0.3 is 13.9 Å². The van der Waals surface area contributed by atoms with E-state index in [0.29, 0.717) is 0 Å². The van der Waals surface area contributed by atoms with Gasteiger partial charge in [-0.05, 0) is 133 Å². The average Bonchev–Trinajstić information content (AvgIpc) is 4.19. The van der Waals surface area contributed by atoms with Gasteiger partial charge in [0.05, 0.1) is 22.1 Å². The summed E-state index contributed by atoms with van der Waals surface area (Å²) < 4.78 is 9.19. The molecule has 0 amide bonds. The van der Waals surface area contributed by atoms with E-state index < -0.39 is 5.41 Å². The van der Waals surface area contributed by atoms with E-state index in [1.807, 2.05) is 6.07 Å². The number of hydrogen-bond donors (Lipinski definition) is 0. The molecule has 16 rings (SSSR count). The summed E-state index contributed by atoms with van der Waals surface area (Å²) in [6.07, 6.45) is 0. The summed E-state index contributed by atoms with van der Waals surface area (Å²) in [4.78, 5) is 2.44. The van der Waals surface area contributed by atoms with Gasteiger partial charge in [-0.3, -0.25) is 0 Å². The molecule has 71 heavy (non-hydrogen) atoms. The topological polar surface area (TPSA) is 21.3 Å². The predicted molar refractivity (Wildman–Crippen MR) is 294 cm³/mol. The number of furan rings is 1. The lowest BCUT2D eigenvalue weighted by Gasteiger charge is -2.30. The van der Waals surface area contributed by atoms with Crippen LogP contribution in [0.4, 0.5) is 17.1 Å². The van der Waals surface area contributed by atoms with Gasteiger partial charge in [0, 0.05) is 55.7 Å². The summed E-state index contributed by atoms with van der Waals surface area (Å²) in [5.41, 5.74) is 23.7. The lowest BCUT2D eigenvalue weighted by molar-refractivity contribution is 0.660. The molecule has 0 atom stereocenters. The Morgan fingerprint density at radius 3 is 1.63 bits per heavy atom. The number of benzene rings is 11. The Labute approximate surface area is 411 Å². The molecule has 0 unspecified atom stereocenters. The zero-order valence-corrected chi connectivity index (χ0v) is 39.2. The average molecular weight is 905 g/mol. The van der Waals surface area contributed by atoms with E-state index in [1.165, 1.54) is 99.5 Å². The van der Waals surface area contributed by atoms with Gasteiger partial charge in [-0.15, -0.1) is 0 Å². The zero-order chi connectivity index (χ0) is 46.7. The largest absolute Gasteiger partial charge is 0.456 e. The number of rotatable bonds is 4. The van der Waals surface area contributed by atoms with Crippen molar-refractivity contribution in [2.24, 2.45) is 0 Å². The number of nitrogens with zero attached hydrogens (tertiary/aromatic N) is 2. The summed E-state index contributed by atoms with van der Waals surface area (Å²) in [6, 6.07) is 86.2. The smallest absolute Gasteiger partial charge is 0.137 e. The maximum atomic E-state index is 6.61. The molecular formula is C68H44N2O. The minimum absolute atomic E-state index is 0.170. The van der Waals surface area contributed by atoms with Crippen molar-refractivity contribution in [2.45, 2.75) is 24.7 Å². The van der Waals surface area contributed by atoms with Crippen LogP contribution in [0.2, 0.25) is 0 Å². The van der Waals surface area contributed by atoms with E-state index in [0.717, 1.165) is 44.5 Å². The monoisotopic (exact) mass is 904 g/mol. The number of para-hydroxylation sites is 1. The maximum absolute atomic E-state index is 6.61. The fraction of sp³-hybridized carbons (Fsp3) is 0.0588. The first-order valence-electron chi connectivity index (χ1n) is 24.8. The third-order valence-electron chi connectivity index (χ3n) is 16.6. The highest BCUT2D eigenvalue weighted by atomic mass is 16.3. The van der Waals surface area contributed by atoms with Crippen molar-refractivity contribution < 1.29 is 4.42 Å². The van der Waals surface area contributed by atoms with Gasteiger partial charge in [-0.25, -0.2) is 0 Å². The Balaban J connectivity index is 0.987. The molecule has 0 fully saturated rings. The van der Waals surface area contributed by atoms with E-state index in [-0.39, 0.29) is 5.41 Å². The van der Waals surface area contributed by atoms with Crippen molar-refractivity contribution in [2.75, 3.05) is 4.90 Å². The van der Waals surface area contributed by atoms with Crippen molar-refractivity contribution in [3.63, 3.8) is 0 Å². The second-order valence-electron chi connectivity index (χ2n) is 20.4. The van der Waals surface area contributed by atoms with E-state index in [1.54, 1.807) is 0 Å². The fourth-order valence-corrected chi connectivity index (χ4v) is 13.5. The van der Waals surface area contributed by atoms with Crippen LogP contribution in [0, 0.1) is 0 Å². The van der Waals surface area contributed by atoms with Crippen LogP contribution < -0.4 is 4.90 Å². The van der Waals surface area contributed by atoms with E-state index >= 15 is 0 Å². The van der Waals surface area contributed by atoms with Crippen molar-refractivity contribution in [3.8, 4) is 39.1 Å². The quantitative estimate of drug-likeness (QED) is 0.175. The molecule has 3 heteroatoms. The van der Waals surface area contributed by atoms with Gasteiger partial charge in [0.2, 0.25) is 0 Å². The van der Waals surface area contributed by atoms with Crippen LogP contribution in [-0.4, -0.2) is 4.57 Å². The van der Waals surface area contributed by atoms with Crippen LogP contribution in [0.15, 0.2) is 235 Å². The molecule has 1 spiro atoms. The molecule has 0 saturated heterocycles. The molecule has 2 heterocycles. The molecule has 13 aromatic rings. The third kappa shape index (κ3) is 5.02. The summed E-state index contributed by atoms with van der Waals surface area (Å²) in [7, 11) is 0. The number of hydrogen-bond acceptors (Lipinski definition) is 2. The summed E-state index contributed by atoms with van der Waals surface area (Å²) in [6.45, 7) is 4.73. The van der Waals surface area contributed by atoms with Crippen molar-refractivity contribution >= 4 is 71.6 Å². The molecule has 0 N–H and O–H groups in total. The van der Waals surface area contributed by atoms with Crippen LogP contribution in [0.25, 0.3) is 93.6 Å². The highest BCUT2D eigenvalue weighted by Crippen LogP contribution is 2.64. The zero-order valence-electron chi connectivity index (χ0n) is 39.2. The Bertz CT molecular complexity index is 4420. The van der Waals surface area contributed by atoms with E-state index in [9.17, 15) is 0 Å². The molecular weight excluding hydrogens is 861 g/mol. The van der Waals surface area contributed by atoms with E-state index in [2.05, 4.69) is 248 Å². The minimum Gasteiger partial charge on any atom is -0.456 e. The number of fused-ring (bicyclic) bond motifs is 20. The lowest BCUT2D eigenvalue weighted by Crippen LogP contribution is -2.25. The van der Waals surface area contributed by atoms with Gasteiger partial charge in [0.1, 0.15) is 11.2 Å². The Morgan fingerprint density at radius 2 is 0.873 bits per heavy atom. The van der Waals surface area contributed by atoms with Gasteiger partial charge >= 0.3 is 0 Å². The first-order chi connectivity index (χ1) is 35.0. The summed E-state index contributed by atoms with van der Waals surface area (Å²) in [5.74, 6) is 0. The van der Waals surface area contributed by atoms with Gasteiger partial charge in [-0.1, -0.05) is 178 Å². The molecule has 0 aliphatic heterocycles. The number of anilines is 3. The molecule has 2 aromatic heterocycles. The van der Waals surface area contributed by atoms with Gasteiger partial charge in [0.25, 0.3) is 0 Å². The second-order valence-corrected chi connectivity index (χ2v) is 20.4. The lowest BCUT2D eigenvalue weighted by atomic mass is 9.70. The highest BCUT2D eigenvalue weighted by Gasteiger charge is 2.52. The fourth-order valence-electron chi connectivity index (χ4n) is 13.5. The van der Waals surface area contributed by atoms with Gasteiger partial charge in [0.15, 0.2) is 0 Å². The molecule has 0 saturated carbocycles. The van der Waals surface area contributed by atoms with Gasteiger partial charge in [-0.2, -0.15) is 0 Å². The van der Waals surface area contributed by atoms with Crippen LogP contribution in [0.3, 0.4) is 0 Å². The van der Waals surface area contributed by atoms with E-state index in [4.69, 9.17) is 4.42 Å². The van der Waals surface area contributed by atoms with Crippen LogP contribution in [0.5, 0.6) is 0 Å². The molecule has 3 nitrogen and oxygen atoms in total. The highest BCUT2D eigenvalue weighted by molar-refractivity contribution is 6.15. The molecule has 3 aliphatic carbocycles. The molecule has 332 valence electrons. The number of aromatic nitrogens is 1. The summed E-state index contributed by atoms with van der Waals surface area (Å²) in [5, 5.41) is 7.12. The first kappa shape index (κ1) is 39.0. The normalized spacial score (nSPS) is 14.3. The van der Waals surface area contributed by atoms with Crippen LogP contribution in [-0.2, 0) is 10.8 Å². The minimum atomic E-state index is -0.459. The predicted octanol–water partition coefficient (Wildman–Crippen LogP) is 18.0. The first-order valence-corrected chi connectivity index (χ1v) is 24.8. The summed E-state index contributed by atoms with van der Waals surface area (Å²) >= 11 is 0. The molecule has 3 aliphatic rings. The Morgan fingerprint density at radius 1 is 0.352 bits per heavy atom. The second kappa shape index (κ2) is 13.9. The Hall–Kier alpha value is -8.92. The molecule has 0 bridgehead atoms. The Kier molecular flexibility index (Phi) is 7.62. The molecule has 0 radical (unpaired) electrons. The SMILES string of the molecule is CC1(C)c2ccccc2-c2ccc(N(c3ccc4c(c3)oc3ccccc34)c3ccc4c5cc6ccccc6cc5n(-c5cccc6c5-c5ccccc5C65c6ccccc6-c6ccccc65)c4c3)cc21. The molecule has 11 aromatic carbocycles. The van der Waals surface area contributed by atoms with Crippen LogP contribution >= 0.6 is 0 Å². The van der Waals surface area contributed by atoms with Crippen LogP contribution in [0.1, 0.15) is 47.2 Å². The standard InChI is InChI=1S/C68H44N2O/c1-67(2)55-23-10-5-18-46(55)49-33-30-43(38-60(49)67)69(45-32-35-52-51-21-9-14-29-64(51)71-65(52)40-45)44-31-34-50-54-36-41-16-3-4-17-42(41)37-62(54)70(63(50)39-44)61-28-15-27-59-66(61)53-22-8-13-26-58(53)68(59)56-24-11-6-19-47(56)48-20-7-12-25-57(48)68/h3-40H,1-2H3. The van der Waals surface area contributed by atoms with Crippen molar-refractivity contribution in [3.05, 3.63) is 264 Å². The maximum Gasteiger partial charge on any atom is 0.137 e. The van der Waals surface area contributed by atoms with Crippen molar-refractivity contribution in [1.29, 1.82) is 0 Å².